The number of methoxy groups -OCH3 is 4. The maximum Gasteiger partial charge on any atom is 0.271 e. The van der Waals surface area contributed by atoms with Gasteiger partial charge in [-0.2, -0.15) is 0 Å². The maximum atomic E-state index is 14.1. The van der Waals surface area contributed by atoms with Crippen molar-refractivity contribution in [3.63, 3.8) is 0 Å². The van der Waals surface area contributed by atoms with Crippen LogP contribution in [0.15, 0.2) is 51.4 Å². The van der Waals surface area contributed by atoms with Crippen molar-refractivity contribution < 1.29 is 23.7 Å². The van der Waals surface area contributed by atoms with Crippen LogP contribution < -0.4 is 33.8 Å². The van der Waals surface area contributed by atoms with E-state index < -0.39 is 6.04 Å². The minimum atomic E-state index is -0.787. The summed E-state index contributed by atoms with van der Waals surface area (Å²) >= 11 is 7.65. The molecule has 0 fully saturated rings. The lowest BCUT2D eigenvalue weighted by Gasteiger charge is -2.30. The third-order valence-electron chi connectivity index (χ3n) is 6.79. The number of fused-ring (bicyclic) bond motifs is 1. The summed E-state index contributed by atoms with van der Waals surface area (Å²) in [6.07, 6.45) is 1.72. The zero-order chi connectivity index (χ0) is 29.1. The van der Waals surface area contributed by atoms with E-state index in [1.54, 1.807) is 67.0 Å². The molecule has 1 aliphatic rings. The van der Waals surface area contributed by atoms with E-state index in [9.17, 15) is 9.59 Å². The largest absolute Gasteiger partial charge is 0.497 e. The molecular weight excluding hydrogens is 554 g/mol. The molecule has 212 valence electrons. The topological polar surface area (TPSA) is 91.6 Å². The van der Waals surface area contributed by atoms with Crippen LogP contribution in [0, 0.1) is 0 Å². The average molecular weight is 586 g/mol. The van der Waals surface area contributed by atoms with Crippen molar-refractivity contribution in [1.82, 2.24) is 9.47 Å². The van der Waals surface area contributed by atoms with Gasteiger partial charge in [0, 0.05) is 18.7 Å². The van der Waals surface area contributed by atoms with Gasteiger partial charge in [0.15, 0.2) is 16.3 Å². The molecule has 1 aromatic heterocycles. The predicted octanol–water partition coefficient (Wildman–Crippen LogP) is 3.79. The molecule has 0 unspecified atom stereocenters. The molecule has 2 aromatic carbocycles. The minimum absolute atomic E-state index is 0.193. The molecule has 4 rings (SSSR count). The highest BCUT2D eigenvalue weighted by atomic mass is 35.5. The van der Waals surface area contributed by atoms with Crippen LogP contribution in [0.1, 0.15) is 37.9 Å². The maximum absolute atomic E-state index is 14.1. The molecular formula is C29H32ClN3O6S. The van der Waals surface area contributed by atoms with Gasteiger partial charge in [0.25, 0.3) is 11.5 Å². The van der Waals surface area contributed by atoms with Gasteiger partial charge in [-0.3, -0.25) is 14.2 Å². The Labute approximate surface area is 241 Å². The lowest BCUT2D eigenvalue weighted by atomic mass is 9.93. The van der Waals surface area contributed by atoms with E-state index >= 15 is 0 Å². The summed E-state index contributed by atoms with van der Waals surface area (Å²) in [6.45, 7) is 6.66. The fourth-order valence-corrected chi connectivity index (χ4v) is 6.14. The standard InChI is InChI=1S/C29H32ClN3O6S/c1-8-32(9-2)28(35)24-16(3)31-29-33(25(24)19-15-18(36-4)10-11-21(19)37-5)27(34)23(40-29)14-17-12-20(30)26(39-7)22(13-17)38-6/h10-15,25H,8-9H2,1-7H3/b23-14+/t25-/m1/s1. The number of aromatic nitrogens is 1. The quantitative estimate of drug-likeness (QED) is 0.379. The number of halogens is 1. The van der Waals surface area contributed by atoms with Crippen LogP contribution in [0.25, 0.3) is 6.08 Å². The van der Waals surface area contributed by atoms with Crippen molar-refractivity contribution >= 4 is 34.9 Å². The van der Waals surface area contributed by atoms with Gasteiger partial charge in [-0.25, -0.2) is 4.99 Å². The molecule has 0 radical (unpaired) electrons. The fourth-order valence-electron chi connectivity index (χ4n) is 4.80. The number of ether oxygens (including phenoxy) is 4. The van der Waals surface area contributed by atoms with Gasteiger partial charge in [0.2, 0.25) is 0 Å². The van der Waals surface area contributed by atoms with Crippen molar-refractivity contribution in [2.45, 2.75) is 26.8 Å². The number of hydrogen-bond acceptors (Lipinski definition) is 8. The molecule has 3 aromatic rings. The predicted molar refractivity (Wildman–Crippen MR) is 156 cm³/mol. The van der Waals surface area contributed by atoms with Crippen molar-refractivity contribution in [3.8, 4) is 23.0 Å². The van der Waals surface area contributed by atoms with Crippen LogP contribution in [-0.4, -0.2) is 56.9 Å². The van der Waals surface area contributed by atoms with E-state index in [-0.39, 0.29) is 11.5 Å². The van der Waals surface area contributed by atoms with Gasteiger partial charge in [-0.1, -0.05) is 22.9 Å². The first kappa shape index (κ1) is 29.2. The SMILES string of the molecule is CCN(CC)C(=O)C1=C(C)N=c2s/c(=C/c3cc(Cl)c(OC)c(OC)c3)c(=O)n2[C@@H]1c1cc(OC)ccc1OC. The summed E-state index contributed by atoms with van der Waals surface area (Å²) in [7, 11) is 6.14. The van der Waals surface area contributed by atoms with E-state index in [1.807, 2.05) is 13.8 Å². The third kappa shape index (κ3) is 5.21. The molecule has 11 heteroatoms. The Bertz CT molecular complexity index is 1660. The number of nitrogens with zero attached hydrogens (tertiary/aromatic N) is 3. The number of thiazole rings is 1. The number of allylic oxidation sites excluding steroid dienone is 1. The summed E-state index contributed by atoms with van der Waals surface area (Å²) in [4.78, 5) is 34.9. The molecule has 2 heterocycles. The van der Waals surface area contributed by atoms with Crippen LogP contribution in [0.4, 0.5) is 0 Å². The Hall–Kier alpha value is -3.76. The lowest BCUT2D eigenvalue weighted by molar-refractivity contribution is -0.127. The molecule has 0 saturated heterocycles. The summed E-state index contributed by atoms with van der Waals surface area (Å²) in [5.74, 6) is 1.75. The second-order valence-electron chi connectivity index (χ2n) is 8.91. The number of hydrogen-bond donors (Lipinski definition) is 0. The molecule has 0 saturated carbocycles. The molecule has 1 aliphatic heterocycles. The van der Waals surface area contributed by atoms with Crippen LogP contribution in [0.3, 0.4) is 0 Å². The molecule has 1 amide bonds. The molecule has 0 bridgehead atoms. The van der Waals surface area contributed by atoms with E-state index in [4.69, 9.17) is 35.5 Å². The van der Waals surface area contributed by atoms with Gasteiger partial charge < -0.3 is 23.8 Å². The number of likely N-dealkylation sites (N-methyl/N-ethyl adjacent to an activating group) is 1. The van der Waals surface area contributed by atoms with Gasteiger partial charge >= 0.3 is 0 Å². The Morgan fingerprint density at radius 3 is 2.35 bits per heavy atom. The van der Waals surface area contributed by atoms with Crippen LogP contribution >= 0.6 is 22.9 Å². The van der Waals surface area contributed by atoms with E-state index in [0.717, 1.165) is 0 Å². The highest BCUT2D eigenvalue weighted by Gasteiger charge is 2.36. The molecule has 1 atom stereocenters. The van der Waals surface area contributed by atoms with E-state index in [1.165, 1.54) is 25.6 Å². The molecule has 0 spiro atoms. The number of carbonyl (C=O) groups is 1. The number of amides is 1. The lowest BCUT2D eigenvalue weighted by Crippen LogP contribution is -2.43. The molecule has 40 heavy (non-hydrogen) atoms. The second-order valence-corrected chi connectivity index (χ2v) is 10.3. The molecule has 0 aliphatic carbocycles. The summed E-state index contributed by atoms with van der Waals surface area (Å²) < 4.78 is 23.9. The first-order valence-corrected chi connectivity index (χ1v) is 13.9. The smallest absolute Gasteiger partial charge is 0.271 e. The van der Waals surface area contributed by atoms with Crippen molar-refractivity contribution in [3.05, 3.63) is 77.4 Å². The normalized spacial score (nSPS) is 14.9. The summed E-state index contributed by atoms with van der Waals surface area (Å²) in [6, 6.07) is 7.99. The highest BCUT2D eigenvalue weighted by molar-refractivity contribution is 7.07. The Kier molecular flexibility index (Phi) is 8.90. The van der Waals surface area contributed by atoms with Gasteiger partial charge in [-0.05, 0) is 62.7 Å². The Balaban J connectivity index is 2.02. The summed E-state index contributed by atoms with van der Waals surface area (Å²) in [5.41, 5.74) is 1.91. The van der Waals surface area contributed by atoms with E-state index in [2.05, 4.69) is 0 Å². The van der Waals surface area contributed by atoms with Crippen molar-refractivity contribution in [1.29, 1.82) is 0 Å². The van der Waals surface area contributed by atoms with Gasteiger partial charge in [0.1, 0.15) is 17.5 Å². The van der Waals surface area contributed by atoms with Crippen molar-refractivity contribution in [2.24, 2.45) is 4.99 Å². The molecule has 9 nitrogen and oxygen atoms in total. The Morgan fingerprint density at radius 2 is 1.75 bits per heavy atom. The monoisotopic (exact) mass is 585 g/mol. The fraction of sp³-hybridized carbons (Fsp3) is 0.345. The second kappa shape index (κ2) is 12.2. The Morgan fingerprint density at radius 1 is 1.05 bits per heavy atom. The minimum Gasteiger partial charge on any atom is -0.497 e. The van der Waals surface area contributed by atoms with Crippen molar-refractivity contribution in [2.75, 3.05) is 41.5 Å². The number of carbonyl (C=O) groups excluding carboxylic acids is 1. The number of rotatable bonds is 9. The van der Waals surface area contributed by atoms with Crippen LogP contribution in [0.2, 0.25) is 5.02 Å². The van der Waals surface area contributed by atoms with E-state index in [0.29, 0.717) is 72.8 Å². The first-order chi connectivity index (χ1) is 19.2. The number of benzene rings is 2. The average Bonchev–Trinajstić information content (AvgIpc) is 3.25. The van der Waals surface area contributed by atoms with Gasteiger partial charge in [0.05, 0.1) is 49.3 Å². The van der Waals surface area contributed by atoms with Crippen LogP contribution in [0.5, 0.6) is 23.0 Å². The third-order valence-corrected chi connectivity index (χ3v) is 8.05. The first-order valence-electron chi connectivity index (χ1n) is 12.7. The van der Waals surface area contributed by atoms with Crippen LogP contribution in [-0.2, 0) is 4.79 Å². The summed E-state index contributed by atoms with van der Waals surface area (Å²) in [5, 5.41) is 0.350. The molecule has 0 N–H and O–H groups in total. The zero-order valence-electron chi connectivity index (χ0n) is 23.5. The zero-order valence-corrected chi connectivity index (χ0v) is 25.1. The van der Waals surface area contributed by atoms with Gasteiger partial charge in [-0.15, -0.1) is 0 Å². The highest BCUT2D eigenvalue weighted by Crippen LogP contribution is 2.38.